The van der Waals surface area contributed by atoms with Gasteiger partial charge in [-0.25, -0.2) is 0 Å². The second-order valence-corrected chi connectivity index (χ2v) is 7.62. The Morgan fingerprint density at radius 3 is 2.75 bits per heavy atom. The Kier molecular flexibility index (Phi) is 8.32. The molecule has 1 amide bonds. The largest absolute Gasteiger partial charge is 0.508 e. The Bertz CT molecular complexity index is 967. The van der Waals surface area contributed by atoms with Gasteiger partial charge in [0.1, 0.15) is 11.8 Å². The van der Waals surface area contributed by atoms with Gasteiger partial charge < -0.3 is 26.0 Å². The highest BCUT2D eigenvalue weighted by molar-refractivity contribution is 5.94. The number of amides is 1. The number of phenolic OH excluding ortho intramolecular Hbond substituents is 1. The fraction of sp³-hybridized carbons (Fsp3) is 0.375. The summed E-state index contributed by atoms with van der Waals surface area (Å²) < 4.78 is 0. The highest BCUT2D eigenvalue weighted by Crippen LogP contribution is 2.23. The molecule has 1 unspecified atom stereocenters. The summed E-state index contributed by atoms with van der Waals surface area (Å²) in [4.78, 5) is 19.0. The van der Waals surface area contributed by atoms with Crippen molar-refractivity contribution in [2.75, 3.05) is 37.6 Å². The molecule has 4 N–H and O–H groups in total. The molecule has 0 aromatic heterocycles. The number of hydrogen-bond acceptors (Lipinski definition) is 5. The maximum Gasteiger partial charge on any atom is 0.251 e. The highest BCUT2D eigenvalue weighted by Gasteiger charge is 2.22. The topological polar surface area (TPSA) is 113 Å². The van der Waals surface area contributed by atoms with E-state index < -0.39 is 0 Å². The van der Waals surface area contributed by atoms with Crippen LogP contribution in [0, 0.1) is 11.3 Å². The molecule has 8 nitrogen and oxygen atoms in total. The molecule has 1 saturated heterocycles. The number of para-hydroxylation sites is 1. The second kappa shape index (κ2) is 11.6. The molecule has 1 heterocycles. The highest BCUT2D eigenvalue weighted by atomic mass is 16.3. The van der Waals surface area contributed by atoms with E-state index in [-0.39, 0.29) is 17.7 Å². The number of piperidine rings is 1. The first kappa shape index (κ1) is 22.9. The van der Waals surface area contributed by atoms with Crippen molar-refractivity contribution >= 4 is 17.6 Å². The SMILES string of the molecule is CCNC(=NCCNC(=O)c1ccc(O)cc1)NC1CCCN(c2ccccc2C#N)C1. The summed E-state index contributed by atoms with van der Waals surface area (Å²) in [6.07, 6.45) is 2.05. The first-order valence-electron chi connectivity index (χ1n) is 11.0. The van der Waals surface area contributed by atoms with Crippen molar-refractivity contribution < 1.29 is 9.90 Å². The molecular weight excluding hydrogens is 404 g/mol. The molecule has 0 spiro atoms. The summed E-state index contributed by atoms with van der Waals surface area (Å²) in [6, 6.07) is 16.3. The van der Waals surface area contributed by atoms with E-state index in [4.69, 9.17) is 0 Å². The number of anilines is 1. The maximum atomic E-state index is 12.2. The van der Waals surface area contributed by atoms with E-state index in [1.807, 2.05) is 31.2 Å². The van der Waals surface area contributed by atoms with Crippen molar-refractivity contribution in [1.29, 1.82) is 5.26 Å². The van der Waals surface area contributed by atoms with Crippen LogP contribution in [0.3, 0.4) is 0 Å². The molecule has 0 radical (unpaired) electrons. The number of carbonyl (C=O) groups is 1. The van der Waals surface area contributed by atoms with Gasteiger partial charge in [0.2, 0.25) is 0 Å². The summed E-state index contributed by atoms with van der Waals surface area (Å²) in [5.74, 6) is 0.647. The van der Waals surface area contributed by atoms with E-state index in [1.165, 1.54) is 12.1 Å². The minimum Gasteiger partial charge on any atom is -0.508 e. The molecule has 0 saturated carbocycles. The predicted molar refractivity (Wildman–Crippen MR) is 126 cm³/mol. The fourth-order valence-electron chi connectivity index (χ4n) is 3.72. The molecule has 168 valence electrons. The number of nitriles is 1. The lowest BCUT2D eigenvalue weighted by molar-refractivity contribution is 0.0955. The molecule has 1 fully saturated rings. The third kappa shape index (κ3) is 6.38. The summed E-state index contributed by atoms with van der Waals surface area (Å²) in [7, 11) is 0. The van der Waals surface area contributed by atoms with Crippen LogP contribution in [-0.4, -0.2) is 55.7 Å². The summed E-state index contributed by atoms with van der Waals surface area (Å²) in [5.41, 5.74) is 2.16. The van der Waals surface area contributed by atoms with E-state index in [1.54, 1.807) is 12.1 Å². The molecule has 0 bridgehead atoms. The van der Waals surface area contributed by atoms with E-state index >= 15 is 0 Å². The Labute approximate surface area is 189 Å². The van der Waals surface area contributed by atoms with Crippen molar-refractivity contribution in [2.45, 2.75) is 25.8 Å². The molecule has 32 heavy (non-hydrogen) atoms. The van der Waals surface area contributed by atoms with E-state index in [0.717, 1.165) is 38.2 Å². The van der Waals surface area contributed by atoms with Crippen LogP contribution in [-0.2, 0) is 0 Å². The van der Waals surface area contributed by atoms with Crippen molar-refractivity contribution in [3.8, 4) is 11.8 Å². The van der Waals surface area contributed by atoms with Gasteiger partial charge in [-0.15, -0.1) is 0 Å². The standard InChI is InChI=1S/C24H30N6O2/c1-2-26-24(28-14-13-27-23(32)18-9-11-21(31)12-10-18)29-20-7-5-15-30(17-20)22-8-4-3-6-19(22)16-25/h3-4,6,8-12,20,31H,2,5,7,13-15,17H2,1H3,(H,27,32)(H2,26,28,29). The maximum absolute atomic E-state index is 12.2. The van der Waals surface area contributed by atoms with Crippen molar-refractivity contribution in [3.05, 3.63) is 59.7 Å². The molecule has 3 rings (SSSR count). The number of phenols is 1. The van der Waals surface area contributed by atoms with Gasteiger partial charge >= 0.3 is 0 Å². The number of hydrogen-bond donors (Lipinski definition) is 4. The summed E-state index contributed by atoms with van der Waals surface area (Å²) >= 11 is 0. The second-order valence-electron chi connectivity index (χ2n) is 7.62. The van der Waals surface area contributed by atoms with Gasteiger partial charge in [-0.2, -0.15) is 5.26 Å². The van der Waals surface area contributed by atoms with Crippen LogP contribution in [0.1, 0.15) is 35.7 Å². The molecule has 0 aliphatic carbocycles. The van der Waals surface area contributed by atoms with Gasteiger partial charge in [-0.3, -0.25) is 9.79 Å². The number of nitrogens with one attached hydrogen (secondary N) is 3. The van der Waals surface area contributed by atoms with Crippen LogP contribution in [0.25, 0.3) is 0 Å². The zero-order chi connectivity index (χ0) is 22.8. The quantitative estimate of drug-likeness (QED) is 0.302. The molecule has 1 atom stereocenters. The van der Waals surface area contributed by atoms with Crippen molar-refractivity contribution in [1.82, 2.24) is 16.0 Å². The van der Waals surface area contributed by atoms with Crippen molar-refractivity contribution in [2.24, 2.45) is 4.99 Å². The average molecular weight is 435 g/mol. The Morgan fingerprint density at radius 1 is 1.22 bits per heavy atom. The molecule has 2 aromatic rings. The van der Waals surface area contributed by atoms with E-state index in [9.17, 15) is 15.2 Å². The van der Waals surface area contributed by atoms with E-state index in [2.05, 4.69) is 31.9 Å². The van der Waals surface area contributed by atoms with Crippen LogP contribution in [0.4, 0.5) is 5.69 Å². The van der Waals surface area contributed by atoms with Crippen LogP contribution in [0.5, 0.6) is 5.75 Å². The Balaban J connectivity index is 1.53. The molecule has 8 heteroatoms. The number of benzene rings is 2. The smallest absolute Gasteiger partial charge is 0.251 e. The molecule has 1 aliphatic heterocycles. The lowest BCUT2D eigenvalue weighted by Gasteiger charge is -2.35. The number of guanidine groups is 1. The fourth-order valence-corrected chi connectivity index (χ4v) is 3.72. The monoisotopic (exact) mass is 434 g/mol. The first-order valence-corrected chi connectivity index (χ1v) is 11.0. The number of rotatable bonds is 7. The number of carbonyl (C=O) groups excluding carboxylic acids is 1. The zero-order valence-electron chi connectivity index (χ0n) is 18.3. The number of aliphatic imine (C=N–C) groups is 1. The normalized spacial score (nSPS) is 16.2. The predicted octanol–water partition coefficient (Wildman–Crippen LogP) is 2.22. The zero-order valence-corrected chi connectivity index (χ0v) is 18.3. The van der Waals surface area contributed by atoms with Gasteiger partial charge in [0.05, 0.1) is 17.8 Å². The van der Waals surface area contributed by atoms with Crippen LogP contribution >= 0.6 is 0 Å². The van der Waals surface area contributed by atoms with Crippen LogP contribution < -0.4 is 20.9 Å². The summed E-state index contributed by atoms with van der Waals surface area (Å²) in [6.45, 7) is 5.31. The van der Waals surface area contributed by atoms with Gasteiger partial charge in [-0.05, 0) is 56.2 Å². The summed E-state index contributed by atoms with van der Waals surface area (Å²) in [5, 5.41) is 28.3. The lowest BCUT2D eigenvalue weighted by Crippen LogP contribution is -2.51. The number of aromatic hydroxyl groups is 1. The van der Waals surface area contributed by atoms with Gasteiger partial charge in [-0.1, -0.05) is 12.1 Å². The van der Waals surface area contributed by atoms with Gasteiger partial charge in [0.25, 0.3) is 5.91 Å². The Morgan fingerprint density at radius 2 is 2.00 bits per heavy atom. The number of nitrogens with zero attached hydrogens (tertiary/aromatic N) is 3. The van der Waals surface area contributed by atoms with E-state index in [0.29, 0.717) is 30.2 Å². The third-order valence-corrected chi connectivity index (χ3v) is 5.27. The lowest BCUT2D eigenvalue weighted by atomic mass is 10.0. The van der Waals surface area contributed by atoms with Gasteiger partial charge in [0.15, 0.2) is 5.96 Å². The molecular formula is C24H30N6O2. The van der Waals surface area contributed by atoms with Crippen molar-refractivity contribution in [3.63, 3.8) is 0 Å². The minimum absolute atomic E-state index is 0.130. The Hall–Kier alpha value is -3.73. The first-order chi connectivity index (χ1) is 15.6. The minimum atomic E-state index is -0.197. The molecule has 2 aromatic carbocycles. The third-order valence-electron chi connectivity index (χ3n) is 5.27. The average Bonchev–Trinajstić information content (AvgIpc) is 2.82. The van der Waals surface area contributed by atoms with Gasteiger partial charge in [0, 0.05) is 37.8 Å². The molecule has 1 aliphatic rings. The van der Waals surface area contributed by atoms with Crippen LogP contribution in [0.2, 0.25) is 0 Å². The van der Waals surface area contributed by atoms with Crippen LogP contribution in [0.15, 0.2) is 53.5 Å².